The van der Waals surface area contributed by atoms with Gasteiger partial charge in [-0.3, -0.25) is 4.90 Å². The number of nitrogens with zero attached hydrogens (tertiary/aromatic N) is 2. The Kier molecular flexibility index (Phi) is 7.98. The number of likely N-dealkylation sites (N-methyl/N-ethyl adjacent to an activating group) is 1. The molecular formula is C19H31FN4O. The van der Waals surface area contributed by atoms with Gasteiger partial charge in [-0.2, -0.15) is 0 Å². The topological polar surface area (TPSA) is 48.9 Å². The lowest BCUT2D eigenvalue weighted by Crippen LogP contribution is -2.45. The van der Waals surface area contributed by atoms with Gasteiger partial charge in [-0.05, 0) is 51.9 Å². The molecule has 0 bridgehead atoms. The van der Waals surface area contributed by atoms with E-state index in [1.165, 1.54) is 25.5 Å². The van der Waals surface area contributed by atoms with Gasteiger partial charge >= 0.3 is 0 Å². The lowest BCUT2D eigenvalue weighted by molar-refractivity contribution is 0.220. The van der Waals surface area contributed by atoms with Crippen LogP contribution in [0.4, 0.5) is 4.39 Å². The summed E-state index contributed by atoms with van der Waals surface area (Å²) in [7, 11) is 0. The van der Waals surface area contributed by atoms with E-state index in [9.17, 15) is 4.39 Å². The van der Waals surface area contributed by atoms with E-state index in [4.69, 9.17) is 4.74 Å². The zero-order valence-electron chi connectivity index (χ0n) is 15.6. The zero-order chi connectivity index (χ0) is 18.1. The molecule has 2 atom stereocenters. The Hall–Kier alpha value is -1.82. The molecule has 1 aliphatic rings. The first-order valence-corrected chi connectivity index (χ1v) is 9.31. The summed E-state index contributed by atoms with van der Waals surface area (Å²) >= 11 is 0. The minimum absolute atomic E-state index is 0.203. The monoisotopic (exact) mass is 350 g/mol. The molecule has 0 radical (unpaired) electrons. The van der Waals surface area contributed by atoms with Gasteiger partial charge in [-0.1, -0.05) is 19.1 Å². The summed E-state index contributed by atoms with van der Waals surface area (Å²) in [4.78, 5) is 7.08. The first-order valence-electron chi connectivity index (χ1n) is 9.31. The predicted molar refractivity (Wildman–Crippen MR) is 101 cm³/mol. The number of benzene rings is 1. The standard InChI is InChI=1S/C19H31FN4O/c1-4-21-19(23-14-16-9-8-12-24(16)5-2)22-13-15(3)25-18-11-7-6-10-17(18)20/h6-7,10-11,15-16H,4-5,8-9,12-14H2,1-3H3,(H2,21,22,23). The van der Waals surface area contributed by atoms with Crippen LogP contribution in [0.5, 0.6) is 5.75 Å². The molecule has 0 aromatic heterocycles. The Balaban J connectivity index is 1.84. The molecule has 2 unspecified atom stereocenters. The minimum Gasteiger partial charge on any atom is -0.486 e. The van der Waals surface area contributed by atoms with Gasteiger partial charge in [0, 0.05) is 19.1 Å². The largest absolute Gasteiger partial charge is 0.486 e. The fourth-order valence-corrected chi connectivity index (χ4v) is 3.11. The van der Waals surface area contributed by atoms with Crippen molar-refractivity contribution in [2.75, 3.05) is 32.7 Å². The molecule has 25 heavy (non-hydrogen) atoms. The minimum atomic E-state index is -0.343. The molecule has 0 spiro atoms. The number of halogens is 1. The van der Waals surface area contributed by atoms with Crippen LogP contribution < -0.4 is 15.4 Å². The van der Waals surface area contributed by atoms with Crippen molar-refractivity contribution in [2.24, 2.45) is 4.99 Å². The maximum Gasteiger partial charge on any atom is 0.191 e. The highest BCUT2D eigenvalue weighted by Gasteiger charge is 2.22. The summed E-state index contributed by atoms with van der Waals surface area (Å²) in [6.45, 7) is 10.6. The second-order valence-electron chi connectivity index (χ2n) is 6.38. The Morgan fingerprint density at radius 3 is 2.88 bits per heavy atom. The van der Waals surface area contributed by atoms with E-state index >= 15 is 0 Å². The number of likely N-dealkylation sites (tertiary alicyclic amines) is 1. The van der Waals surface area contributed by atoms with Crippen LogP contribution >= 0.6 is 0 Å². The van der Waals surface area contributed by atoms with Gasteiger partial charge in [0.25, 0.3) is 0 Å². The van der Waals surface area contributed by atoms with Gasteiger partial charge in [0.1, 0.15) is 6.10 Å². The highest BCUT2D eigenvalue weighted by molar-refractivity contribution is 5.79. The van der Waals surface area contributed by atoms with E-state index in [1.54, 1.807) is 18.2 Å². The van der Waals surface area contributed by atoms with Gasteiger partial charge in [-0.15, -0.1) is 0 Å². The van der Waals surface area contributed by atoms with Crippen molar-refractivity contribution in [1.29, 1.82) is 0 Å². The fourth-order valence-electron chi connectivity index (χ4n) is 3.11. The van der Waals surface area contributed by atoms with Crippen molar-refractivity contribution in [3.8, 4) is 5.75 Å². The number of hydrogen-bond donors (Lipinski definition) is 2. The number of aliphatic imine (C=N–C) groups is 1. The Morgan fingerprint density at radius 1 is 1.36 bits per heavy atom. The van der Waals surface area contributed by atoms with Gasteiger partial charge < -0.3 is 15.4 Å². The van der Waals surface area contributed by atoms with Crippen molar-refractivity contribution in [2.45, 2.75) is 45.8 Å². The SMILES string of the molecule is CCNC(=NCC(C)Oc1ccccc1F)NCC1CCCN1CC. The first kappa shape index (κ1) is 19.5. The van der Waals surface area contributed by atoms with Gasteiger partial charge in [-0.25, -0.2) is 9.38 Å². The van der Waals surface area contributed by atoms with Crippen LogP contribution in [0, 0.1) is 5.82 Å². The number of rotatable bonds is 8. The molecule has 0 aliphatic carbocycles. The molecule has 1 saturated heterocycles. The van der Waals surface area contributed by atoms with Crippen molar-refractivity contribution >= 4 is 5.96 Å². The molecule has 5 nitrogen and oxygen atoms in total. The second kappa shape index (κ2) is 10.2. The number of nitrogens with one attached hydrogen (secondary N) is 2. The maximum atomic E-state index is 13.6. The highest BCUT2D eigenvalue weighted by Crippen LogP contribution is 2.17. The van der Waals surface area contributed by atoms with Crippen molar-refractivity contribution < 1.29 is 9.13 Å². The Bertz CT molecular complexity index is 552. The fraction of sp³-hybridized carbons (Fsp3) is 0.632. The number of guanidine groups is 1. The van der Waals surface area contributed by atoms with Gasteiger partial charge in [0.2, 0.25) is 0 Å². The zero-order valence-corrected chi connectivity index (χ0v) is 15.6. The molecule has 1 aromatic rings. The third-order valence-electron chi connectivity index (χ3n) is 4.43. The van der Waals surface area contributed by atoms with Crippen molar-refractivity contribution in [3.63, 3.8) is 0 Å². The quantitative estimate of drug-likeness (QED) is 0.559. The lowest BCUT2D eigenvalue weighted by Gasteiger charge is -2.24. The summed E-state index contributed by atoms with van der Waals surface area (Å²) in [5, 5.41) is 6.69. The molecule has 2 rings (SSSR count). The molecule has 140 valence electrons. The van der Waals surface area contributed by atoms with Gasteiger partial charge in [0.05, 0.1) is 6.54 Å². The predicted octanol–water partition coefficient (Wildman–Crippen LogP) is 2.63. The van der Waals surface area contributed by atoms with Crippen LogP contribution in [0.2, 0.25) is 0 Å². The molecule has 0 amide bonds. The van der Waals surface area contributed by atoms with Crippen molar-refractivity contribution in [1.82, 2.24) is 15.5 Å². The smallest absolute Gasteiger partial charge is 0.191 e. The highest BCUT2D eigenvalue weighted by atomic mass is 19.1. The third-order valence-corrected chi connectivity index (χ3v) is 4.43. The summed E-state index contributed by atoms with van der Waals surface area (Å²) in [6.07, 6.45) is 2.29. The molecule has 1 aliphatic heterocycles. The lowest BCUT2D eigenvalue weighted by atomic mass is 10.2. The summed E-state index contributed by atoms with van der Waals surface area (Å²) in [5.41, 5.74) is 0. The van der Waals surface area contributed by atoms with E-state index < -0.39 is 0 Å². The third kappa shape index (κ3) is 6.20. The normalized spacial score (nSPS) is 19.7. The van der Waals surface area contributed by atoms with E-state index in [1.807, 2.05) is 13.8 Å². The molecular weight excluding hydrogens is 319 g/mol. The average molecular weight is 350 g/mol. The molecule has 0 saturated carbocycles. The van der Waals surface area contributed by atoms with Crippen LogP contribution in [0.3, 0.4) is 0 Å². The van der Waals surface area contributed by atoms with E-state index in [2.05, 4.69) is 27.4 Å². The molecule has 1 aromatic carbocycles. The van der Waals surface area contributed by atoms with Crippen LogP contribution in [0.15, 0.2) is 29.3 Å². The van der Waals surface area contributed by atoms with Gasteiger partial charge in [0.15, 0.2) is 17.5 Å². The van der Waals surface area contributed by atoms with Crippen LogP contribution in [-0.4, -0.2) is 55.7 Å². The average Bonchev–Trinajstić information content (AvgIpc) is 3.07. The number of ether oxygens (including phenoxy) is 1. The van der Waals surface area contributed by atoms with Crippen LogP contribution in [0.25, 0.3) is 0 Å². The molecule has 1 fully saturated rings. The maximum absolute atomic E-state index is 13.6. The molecule has 6 heteroatoms. The summed E-state index contributed by atoms with van der Waals surface area (Å²) in [6, 6.07) is 7.03. The Labute approximate surface area is 150 Å². The molecule has 2 N–H and O–H groups in total. The number of hydrogen-bond acceptors (Lipinski definition) is 3. The Morgan fingerprint density at radius 2 is 2.16 bits per heavy atom. The van der Waals surface area contributed by atoms with E-state index in [0.29, 0.717) is 12.6 Å². The summed E-state index contributed by atoms with van der Waals surface area (Å²) < 4.78 is 19.3. The van der Waals surface area contributed by atoms with Crippen molar-refractivity contribution in [3.05, 3.63) is 30.1 Å². The number of para-hydroxylation sites is 1. The molecule has 1 heterocycles. The van der Waals surface area contributed by atoms with Crippen LogP contribution in [0.1, 0.15) is 33.6 Å². The second-order valence-corrected chi connectivity index (χ2v) is 6.38. The van der Waals surface area contributed by atoms with Crippen LogP contribution in [-0.2, 0) is 0 Å². The van der Waals surface area contributed by atoms with E-state index in [-0.39, 0.29) is 17.7 Å². The van der Waals surface area contributed by atoms with E-state index in [0.717, 1.165) is 25.6 Å². The first-order chi connectivity index (χ1) is 12.1. The summed E-state index contributed by atoms with van der Waals surface area (Å²) in [5.74, 6) is 0.714.